The molecule has 0 bridgehead atoms. The molecule has 1 aliphatic heterocycles. The topological polar surface area (TPSA) is 69.0 Å². The van der Waals surface area contributed by atoms with Gasteiger partial charge in [-0.2, -0.15) is 5.10 Å². The van der Waals surface area contributed by atoms with E-state index in [1.807, 2.05) is 13.1 Å². The Hall–Kier alpha value is -2.29. The predicted molar refractivity (Wildman–Crippen MR) is 131 cm³/mol. The molecule has 0 amide bonds. The molecule has 1 fully saturated rings. The molecule has 3 aromatic heterocycles. The third-order valence-electron chi connectivity index (χ3n) is 6.01. The van der Waals surface area contributed by atoms with Crippen LogP contribution in [0.15, 0.2) is 35.1 Å². The maximum atomic E-state index is 12.0. The highest BCUT2D eigenvalue weighted by Gasteiger charge is 2.22. The summed E-state index contributed by atoms with van der Waals surface area (Å²) in [5, 5.41) is 5.13. The molecule has 1 aliphatic rings. The number of esters is 1. The van der Waals surface area contributed by atoms with Gasteiger partial charge in [-0.15, -0.1) is 0 Å². The van der Waals surface area contributed by atoms with E-state index in [-0.39, 0.29) is 5.97 Å². The molecule has 4 heterocycles. The van der Waals surface area contributed by atoms with Gasteiger partial charge >= 0.3 is 5.97 Å². The zero-order valence-corrected chi connectivity index (χ0v) is 20.9. The molecule has 0 saturated carbocycles. The number of fused-ring (bicyclic) bond motifs is 1. The lowest BCUT2D eigenvalue weighted by atomic mass is 9.95. The van der Waals surface area contributed by atoms with Gasteiger partial charge in [0, 0.05) is 59.7 Å². The molecule has 1 saturated heterocycles. The monoisotopic (exact) mass is 514 g/mol. The third-order valence-corrected chi connectivity index (χ3v) is 6.44. The van der Waals surface area contributed by atoms with Crippen LogP contribution in [-0.2, 0) is 33.7 Å². The van der Waals surface area contributed by atoms with Gasteiger partial charge in [0.15, 0.2) is 0 Å². The fourth-order valence-corrected chi connectivity index (χ4v) is 4.77. The lowest BCUT2D eigenvalue weighted by molar-refractivity contribution is -0.143. The molecule has 0 radical (unpaired) electrons. The van der Waals surface area contributed by atoms with Gasteiger partial charge in [-0.05, 0) is 65.9 Å². The van der Waals surface area contributed by atoms with Gasteiger partial charge in [-0.3, -0.25) is 14.7 Å². The molecule has 0 spiro atoms. The van der Waals surface area contributed by atoms with Crippen molar-refractivity contribution < 1.29 is 14.3 Å². The van der Waals surface area contributed by atoms with Crippen LogP contribution in [0.25, 0.3) is 16.6 Å². The Labute approximate surface area is 203 Å². The highest BCUT2D eigenvalue weighted by Crippen LogP contribution is 2.34. The number of carbonyl (C=O) groups excluding carboxylic acids is 1. The van der Waals surface area contributed by atoms with E-state index in [0.717, 1.165) is 72.5 Å². The first-order chi connectivity index (χ1) is 16.1. The number of rotatable bonds is 9. The van der Waals surface area contributed by atoms with Crippen molar-refractivity contribution in [2.24, 2.45) is 0 Å². The number of aryl methyl sites for hydroxylation is 1. The van der Waals surface area contributed by atoms with Crippen LogP contribution < -0.4 is 0 Å². The molecular formula is C25H31BrN4O3. The number of carbonyl (C=O) groups is 1. The average Bonchev–Trinajstić information content (AvgIpc) is 3.22. The highest BCUT2D eigenvalue weighted by atomic mass is 79.9. The minimum Gasteiger partial charge on any atom is -0.466 e. The summed E-state index contributed by atoms with van der Waals surface area (Å²) in [6.45, 7) is 8.42. The quantitative estimate of drug-likeness (QED) is 0.393. The summed E-state index contributed by atoms with van der Waals surface area (Å²) >= 11 is 3.59. The number of hydrogen-bond donors (Lipinski definition) is 0. The van der Waals surface area contributed by atoms with Crippen molar-refractivity contribution in [3.8, 4) is 11.1 Å². The van der Waals surface area contributed by atoms with Crippen LogP contribution in [0.3, 0.4) is 0 Å². The summed E-state index contributed by atoms with van der Waals surface area (Å²) in [6.07, 6.45) is 6.46. The summed E-state index contributed by atoms with van der Waals surface area (Å²) < 4.78 is 13.7. The summed E-state index contributed by atoms with van der Waals surface area (Å²) in [4.78, 5) is 18.8. The van der Waals surface area contributed by atoms with Gasteiger partial charge in [-0.1, -0.05) is 6.92 Å². The van der Waals surface area contributed by atoms with E-state index < -0.39 is 0 Å². The molecule has 33 heavy (non-hydrogen) atoms. The Kier molecular flexibility index (Phi) is 8.11. The number of ether oxygens (including phenoxy) is 2. The van der Waals surface area contributed by atoms with Crippen LogP contribution in [0.4, 0.5) is 0 Å². The van der Waals surface area contributed by atoms with Crippen LogP contribution in [0.5, 0.6) is 0 Å². The number of pyridine rings is 1. The molecule has 0 aromatic carbocycles. The Bertz CT molecular complexity index is 1110. The van der Waals surface area contributed by atoms with E-state index in [9.17, 15) is 4.79 Å². The van der Waals surface area contributed by atoms with Crippen molar-refractivity contribution in [1.29, 1.82) is 0 Å². The molecule has 176 valence electrons. The van der Waals surface area contributed by atoms with Crippen LogP contribution >= 0.6 is 15.9 Å². The smallest absolute Gasteiger partial charge is 0.305 e. The molecule has 3 aromatic rings. The Morgan fingerprint density at radius 1 is 1.21 bits per heavy atom. The zero-order valence-electron chi connectivity index (χ0n) is 19.3. The highest BCUT2D eigenvalue weighted by molar-refractivity contribution is 9.10. The standard InChI is InChI=1S/C25H31BrN4O3/c1-3-20-8-9-23-25(18-14-19(26)16-27-15-18)21(6-5-7-24(31)33-4-2)22(28-30(20)23)17-29-10-12-32-13-11-29/h8-9,14-16H,3-7,10-13,17H2,1-2H3. The Morgan fingerprint density at radius 2 is 2.03 bits per heavy atom. The van der Waals surface area contributed by atoms with Crippen molar-refractivity contribution >= 4 is 27.4 Å². The van der Waals surface area contributed by atoms with Gasteiger partial charge in [0.25, 0.3) is 0 Å². The first-order valence-corrected chi connectivity index (χ1v) is 12.5. The molecule has 4 rings (SSSR count). The molecule has 7 nitrogen and oxygen atoms in total. The fraction of sp³-hybridized carbons (Fsp3) is 0.480. The predicted octanol–water partition coefficient (Wildman–Crippen LogP) is 4.44. The minimum absolute atomic E-state index is 0.150. The summed E-state index contributed by atoms with van der Waals surface area (Å²) in [7, 11) is 0. The summed E-state index contributed by atoms with van der Waals surface area (Å²) in [5.74, 6) is -0.150. The largest absolute Gasteiger partial charge is 0.466 e. The first kappa shape index (κ1) is 23.9. The fourth-order valence-electron chi connectivity index (χ4n) is 4.41. The molecule has 8 heteroatoms. The van der Waals surface area contributed by atoms with Gasteiger partial charge in [0.2, 0.25) is 0 Å². The number of morpholine rings is 1. The average molecular weight is 515 g/mol. The third kappa shape index (κ3) is 5.62. The van der Waals surface area contributed by atoms with E-state index in [1.54, 1.807) is 6.20 Å². The second-order valence-electron chi connectivity index (χ2n) is 8.21. The first-order valence-electron chi connectivity index (χ1n) is 11.7. The van der Waals surface area contributed by atoms with Crippen LogP contribution in [0.1, 0.15) is 43.6 Å². The number of halogens is 1. The van der Waals surface area contributed by atoms with E-state index >= 15 is 0 Å². The van der Waals surface area contributed by atoms with Crippen molar-refractivity contribution in [2.45, 2.75) is 46.1 Å². The molecule has 0 N–H and O–H groups in total. The van der Waals surface area contributed by atoms with Gasteiger partial charge in [0.1, 0.15) is 0 Å². The second-order valence-corrected chi connectivity index (χ2v) is 9.13. The molecule has 0 unspecified atom stereocenters. The zero-order chi connectivity index (χ0) is 23.2. The summed E-state index contributed by atoms with van der Waals surface area (Å²) in [6, 6.07) is 6.40. The lowest BCUT2D eigenvalue weighted by Crippen LogP contribution is -2.36. The normalized spacial score (nSPS) is 14.6. The van der Waals surface area contributed by atoms with E-state index in [1.165, 1.54) is 11.3 Å². The lowest BCUT2D eigenvalue weighted by Gasteiger charge is -2.28. The maximum Gasteiger partial charge on any atom is 0.305 e. The number of aromatic nitrogens is 3. The Morgan fingerprint density at radius 3 is 2.76 bits per heavy atom. The van der Waals surface area contributed by atoms with Crippen molar-refractivity contribution in [3.63, 3.8) is 0 Å². The van der Waals surface area contributed by atoms with Crippen LogP contribution in [-0.4, -0.2) is 58.4 Å². The second kappa shape index (κ2) is 11.2. The molecular weight excluding hydrogens is 484 g/mol. The Balaban J connectivity index is 1.81. The minimum atomic E-state index is -0.150. The van der Waals surface area contributed by atoms with Crippen molar-refractivity contribution in [3.05, 3.63) is 52.0 Å². The van der Waals surface area contributed by atoms with E-state index in [2.05, 4.69) is 55.5 Å². The van der Waals surface area contributed by atoms with E-state index in [0.29, 0.717) is 19.4 Å². The molecule has 0 atom stereocenters. The maximum absolute atomic E-state index is 12.0. The van der Waals surface area contributed by atoms with Crippen molar-refractivity contribution in [1.82, 2.24) is 19.5 Å². The SMILES string of the molecule is CCOC(=O)CCCc1c(CN2CCOCC2)nn2c(CC)ccc2c1-c1cncc(Br)c1. The van der Waals surface area contributed by atoms with Gasteiger partial charge < -0.3 is 9.47 Å². The van der Waals surface area contributed by atoms with Gasteiger partial charge in [0.05, 0.1) is 31.0 Å². The van der Waals surface area contributed by atoms with Crippen molar-refractivity contribution in [2.75, 3.05) is 32.9 Å². The van der Waals surface area contributed by atoms with Crippen LogP contribution in [0.2, 0.25) is 0 Å². The van der Waals surface area contributed by atoms with Crippen LogP contribution in [0, 0.1) is 0 Å². The molecule has 0 aliphatic carbocycles. The van der Waals surface area contributed by atoms with E-state index in [4.69, 9.17) is 14.6 Å². The van der Waals surface area contributed by atoms with Gasteiger partial charge in [-0.25, -0.2) is 4.52 Å². The number of hydrogen-bond acceptors (Lipinski definition) is 6. The number of nitrogens with zero attached hydrogens (tertiary/aromatic N) is 4. The summed E-state index contributed by atoms with van der Waals surface area (Å²) in [5.41, 5.74) is 6.67.